The van der Waals surface area contributed by atoms with E-state index in [2.05, 4.69) is 17.5 Å². The molecule has 0 amide bonds. The van der Waals surface area contributed by atoms with Crippen LogP contribution in [0.25, 0.3) is 0 Å². The zero-order valence-corrected chi connectivity index (χ0v) is 8.57. The molecule has 0 saturated heterocycles. The fraction of sp³-hybridized carbons (Fsp3) is 0.600. The first-order chi connectivity index (χ1) is 5.86. The second-order valence-corrected chi connectivity index (χ2v) is 5.08. The van der Waals surface area contributed by atoms with Crippen molar-refractivity contribution in [2.75, 3.05) is 0 Å². The third-order valence-electron chi connectivity index (χ3n) is 2.61. The second-order valence-electron chi connectivity index (χ2n) is 3.49. The molecule has 2 heteroatoms. The molecule has 0 N–H and O–H groups in total. The van der Waals surface area contributed by atoms with Crippen molar-refractivity contribution < 1.29 is 0 Å². The monoisotopic (exact) mass is 200 g/mol. The highest BCUT2D eigenvalue weighted by atomic mass is 35.5. The molecular formula is C10H13ClS. The number of hydrogen-bond donors (Lipinski definition) is 0. The Morgan fingerprint density at radius 2 is 2.42 bits per heavy atom. The first kappa shape index (κ1) is 8.58. The van der Waals surface area contributed by atoms with Crippen molar-refractivity contribution in [1.82, 2.24) is 0 Å². The molecule has 0 nitrogen and oxygen atoms in total. The maximum atomic E-state index is 6.20. The Bertz CT molecular complexity index is 230. The first-order valence-electron chi connectivity index (χ1n) is 4.53. The molecule has 1 aliphatic rings. The van der Waals surface area contributed by atoms with Crippen LogP contribution < -0.4 is 0 Å². The van der Waals surface area contributed by atoms with Crippen LogP contribution in [0.2, 0.25) is 0 Å². The van der Waals surface area contributed by atoms with E-state index in [4.69, 9.17) is 11.6 Å². The molecule has 12 heavy (non-hydrogen) atoms. The molecule has 1 aromatic heterocycles. The van der Waals surface area contributed by atoms with E-state index in [0.717, 1.165) is 5.92 Å². The SMILES string of the molecule is ClC1CCCC1Cc1cccs1. The summed E-state index contributed by atoms with van der Waals surface area (Å²) in [6.07, 6.45) is 5.07. The number of rotatable bonds is 2. The average Bonchev–Trinajstić information content (AvgIpc) is 2.65. The van der Waals surface area contributed by atoms with Crippen LogP contribution in [-0.2, 0) is 6.42 Å². The maximum Gasteiger partial charge on any atom is 0.0367 e. The molecule has 0 radical (unpaired) electrons. The van der Waals surface area contributed by atoms with Crippen LogP contribution in [0.3, 0.4) is 0 Å². The Morgan fingerprint density at radius 1 is 1.50 bits per heavy atom. The van der Waals surface area contributed by atoms with E-state index in [1.807, 2.05) is 11.3 Å². The van der Waals surface area contributed by atoms with Crippen LogP contribution in [0, 0.1) is 5.92 Å². The van der Waals surface area contributed by atoms with Gasteiger partial charge in [-0.15, -0.1) is 22.9 Å². The minimum absolute atomic E-state index is 0.437. The molecule has 1 saturated carbocycles. The van der Waals surface area contributed by atoms with Gasteiger partial charge in [-0.05, 0) is 36.6 Å². The average molecular weight is 201 g/mol. The molecular weight excluding hydrogens is 188 g/mol. The van der Waals surface area contributed by atoms with Crippen LogP contribution in [0.15, 0.2) is 17.5 Å². The lowest BCUT2D eigenvalue weighted by Gasteiger charge is -2.11. The van der Waals surface area contributed by atoms with Gasteiger partial charge in [-0.1, -0.05) is 12.5 Å². The molecule has 0 spiro atoms. The minimum atomic E-state index is 0.437. The zero-order chi connectivity index (χ0) is 8.39. The summed E-state index contributed by atoms with van der Waals surface area (Å²) in [7, 11) is 0. The van der Waals surface area contributed by atoms with Crippen LogP contribution in [0.1, 0.15) is 24.1 Å². The highest BCUT2D eigenvalue weighted by Crippen LogP contribution is 2.33. The molecule has 66 valence electrons. The van der Waals surface area contributed by atoms with Gasteiger partial charge in [0.25, 0.3) is 0 Å². The molecule has 1 fully saturated rings. The summed E-state index contributed by atoms with van der Waals surface area (Å²) in [5.74, 6) is 0.741. The smallest absolute Gasteiger partial charge is 0.0367 e. The fourth-order valence-electron chi connectivity index (χ4n) is 1.91. The summed E-state index contributed by atoms with van der Waals surface area (Å²) in [6.45, 7) is 0. The van der Waals surface area contributed by atoms with Gasteiger partial charge in [0, 0.05) is 10.3 Å². The van der Waals surface area contributed by atoms with Crippen LogP contribution in [0.4, 0.5) is 0 Å². The van der Waals surface area contributed by atoms with Gasteiger partial charge in [0.05, 0.1) is 0 Å². The molecule has 0 aliphatic heterocycles. The maximum absolute atomic E-state index is 6.20. The highest BCUT2D eigenvalue weighted by Gasteiger charge is 2.25. The summed E-state index contributed by atoms with van der Waals surface area (Å²) >= 11 is 8.05. The van der Waals surface area contributed by atoms with Crippen molar-refractivity contribution in [1.29, 1.82) is 0 Å². The molecule has 2 atom stereocenters. The Balaban J connectivity index is 1.95. The standard InChI is InChI=1S/C10H13ClS/c11-10-5-1-3-8(10)7-9-4-2-6-12-9/h2,4,6,8,10H,1,3,5,7H2. The van der Waals surface area contributed by atoms with E-state index in [-0.39, 0.29) is 0 Å². The largest absolute Gasteiger partial charge is 0.149 e. The predicted octanol–water partition coefficient (Wildman–Crippen LogP) is 3.70. The number of hydrogen-bond acceptors (Lipinski definition) is 1. The molecule has 2 unspecified atom stereocenters. The van der Waals surface area contributed by atoms with E-state index in [9.17, 15) is 0 Å². The highest BCUT2D eigenvalue weighted by molar-refractivity contribution is 7.09. The van der Waals surface area contributed by atoms with Crippen molar-refractivity contribution >= 4 is 22.9 Å². The number of halogens is 1. The third-order valence-corrected chi connectivity index (χ3v) is 4.08. The van der Waals surface area contributed by atoms with Gasteiger partial charge >= 0.3 is 0 Å². The quantitative estimate of drug-likeness (QED) is 0.639. The van der Waals surface area contributed by atoms with E-state index < -0.39 is 0 Å². The van der Waals surface area contributed by atoms with E-state index >= 15 is 0 Å². The lowest BCUT2D eigenvalue weighted by Crippen LogP contribution is -2.09. The summed E-state index contributed by atoms with van der Waals surface area (Å²) < 4.78 is 0. The lowest BCUT2D eigenvalue weighted by molar-refractivity contribution is 0.557. The molecule has 2 rings (SSSR count). The van der Waals surface area contributed by atoms with E-state index in [0.29, 0.717) is 5.38 Å². The first-order valence-corrected chi connectivity index (χ1v) is 5.84. The van der Waals surface area contributed by atoms with Crippen molar-refractivity contribution in [2.24, 2.45) is 5.92 Å². The van der Waals surface area contributed by atoms with Gasteiger partial charge in [0.1, 0.15) is 0 Å². The van der Waals surface area contributed by atoms with Crippen molar-refractivity contribution in [3.8, 4) is 0 Å². The Labute approximate surface area is 82.6 Å². The van der Waals surface area contributed by atoms with Crippen molar-refractivity contribution in [3.05, 3.63) is 22.4 Å². The Morgan fingerprint density at radius 3 is 3.00 bits per heavy atom. The fourth-order valence-corrected chi connectivity index (χ4v) is 3.08. The summed E-state index contributed by atoms with van der Waals surface area (Å²) in [6, 6.07) is 4.34. The van der Waals surface area contributed by atoms with Crippen LogP contribution in [0.5, 0.6) is 0 Å². The molecule has 1 heterocycles. The summed E-state index contributed by atoms with van der Waals surface area (Å²) in [4.78, 5) is 1.49. The third kappa shape index (κ3) is 1.83. The molecule has 0 bridgehead atoms. The molecule has 0 aromatic carbocycles. The van der Waals surface area contributed by atoms with E-state index in [1.165, 1.54) is 30.6 Å². The van der Waals surface area contributed by atoms with Crippen LogP contribution >= 0.6 is 22.9 Å². The zero-order valence-electron chi connectivity index (χ0n) is 7.00. The Kier molecular flexibility index (Phi) is 2.72. The predicted molar refractivity (Wildman–Crippen MR) is 55.0 cm³/mol. The number of thiophene rings is 1. The van der Waals surface area contributed by atoms with Gasteiger partial charge < -0.3 is 0 Å². The number of alkyl halides is 1. The van der Waals surface area contributed by atoms with Gasteiger partial charge in [-0.25, -0.2) is 0 Å². The van der Waals surface area contributed by atoms with Crippen LogP contribution in [-0.4, -0.2) is 5.38 Å². The lowest BCUT2D eigenvalue weighted by atomic mass is 10.0. The van der Waals surface area contributed by atoms with Crippen molar-refractivity contribution in [2.45, 2.75) is 31.1 Å². The van der Waals surface area contributed by atoms with E-state index in [1.54, 1.807) is 0 Å². The normalized spacial score (nSPS) is 29.4. The Hall–Kier alpha value is -0.0100. The van der Waals surface area contributed by atoms with Gasteiger partial charge in [0.2, 0.25) is 0 Å². The molecule has 1 aromatic rings. The van der Waals surface area contributed by atoms with Gasteiger partial charge in [0.15, 0.2) is 0 Å². The van der Waals surface area contributed by atoms with Gasteiger partial charge in [-0.3, -0.25) is 0 Å². The minimum Gasteiger partial charge on any atom is -0.149 e. The summed E-state index contributed by atoms with van der Waals surface area (Å²) in [5.41, 5.74) is 0. The topological polar surface area (TPSA) is 0 Å². The van der Waals surface area contributed by atoms with Crippen molar-refractivity contribution in [3.63, 3.8) is 0 Å². The van der Waals surface area contributed by atoms with Gasteiger partial charge in [-0.2, -0.15) is 0 Å². The molecule has 1 aliphatic carbocycles. The summed E-state index contributed by atoms with van der Waals surface area (Å²) in [5, 5.41) is 2.58. The second kappa shape index (κ2) is 3.80.